The van der Waals surface area contributed by atoms with E-state index in [4.69, 9.17) is 4.74 Å². The molecule has 0 aliphatic carbocycles. The Labute approximate surface area is 186 Å². The maximum absolute atomic E-state index is 12.6. The number of H-pyrrole nitrogens is 1. The number of anilines is 1. The van der Waals surface area contributed by atoms with E-state index in [-0.39, 0.29) is 17.9 Å². The summed E-state index contributed by atoms with van der Waals surface area (Å²) in [4.78, 5) is 31.5. The summed E-state index contributed by atoms with van der Waals surface area (Å²) in [6.45, 7) is 1.51. The van der Waals surface area contributed by atoms with Gasteiger partial charge in [-0.25, -0.2) is 4.98 Å². The molecule has 33 heavy (non-hydrogen) atoms. The van der Waals surface area contributed by atoms with Crippen molar-refractivity contribution in [3.05, 3.63) is 88.3 Å². The highest BCUT2D eigenvalue weighted by Gasteiger charge is 2.30. The number of hydrogen-bond acceptors (Lipinski definition) is 4. The summed E-state index contributed by atoms with van der Waals surface area (Å²) in [5, 5.41) is 3.49. The molecular weight excluding hydrogens is 435 g/mol. The molecule has 4 rings (SSSR count). The smallest absolute Gasteiger partial charge is 0.416 e. The third-order valence-corrected chi connectivity index (χ3v) is 4.94. The van der Waals surface area contributed by atoms with Crippen molar-refractivity contribution in [2.45, 2.75) is 13.1 Å². The van der Waals surface area contributed by atoms with Gasteiger partial charge in [-0.2, -0.15) is 13.2 Å². The number of amides is 1. The van der Waals surface area contributed by atoms with Crippen LogP contribution in [0.25, 0.3) is 22.2 Å². The molecule has 2 aromatic heterocycles. The Morgan fingerprint density at radius 3 is 2.55 bits per heavy atom. The van der Waals surface area contributed by atoms with Crippen molar-refractivity contribution < 1.29 is 22.7 Å². The molecule has 9 heteroatoms. The Morgan fingerprint density at radius 1 is 1.09 bits per heavy atom. The average molecular weight is 453 g/mol. The van der Waals surface area contributed by atoms with Gasteiger partial charge in [0.25, 0.3) is 11.5 Å². The minimum Gasteiger partial charge on any atom is -0.484 e. The molecule has 0 radical (unpaired) electrons. The number of alkyl halides is 3. The van der Waals surface area contributed by atoms with E-state index >= 15 is 0 Å². The molecular formula is C24H18F3N3O3. The van der Waals surface area contributed by atoms with E-state index in [9.17, 15) is 22.8 Å². The third-order valence-electron chi connectivity index (χ3n) is 4.94. The van der Waals surface area contributed by atoms with Gasteiger partial charge in [0, 0.05) is 17.3 Å². The summed E-state index contributed by atoms with van der Waals surface area (Å²) >= 11 is 0. The SMILES string of the molecule is Cc1cc(-c2ccc[nH]c2=O)nc2ccc(NC(=O)COc3ccc(C(F)(F)F)cc3)cc12. The van der Waals surface area contributed by atoms with Crippen LogP contribution in [0.15, 0.2) is 71.7 Å². The summed E-state index contributed by atoms with van der Waals surface area (Å²) in [5.74, 6) is -0.313. The molecule has 2 N–H and O–H groups in total. The summed E-state index contributed by atoms with van der Waals surface area (Å²) in [6, 6.07) is 14.5. The normalized spacial score (nSPS) is 11.4. The van der Waals surface area contributed by atoms with Gasteiger partial charge < -0.3 is 15.0 Å². The minimum absolute atomic E-state index is 0.153. The monoisotopic (exact) mass is 453 g/mol. The Morgan fingerprint density at radius 2 is 1.85 bits per heavy atom. The van der Waals surface area contributed by atoms with E-state index in [1.54, 1.807) is 42.6 Å². The van der Waals surface area contributed by atoms with Gasteiger partial charge in [0.2, 0.25) is 0 Å². The molecule has 0 aliphatic rings. The van der Waals surface area contributed by atoms with Crippen molar-refractivity contribution in [3.8, 4) is 17.0 Å². The molecule has 0 fully saturated rings. The summed E-state index contributed by atoms with van der Waals surface area (Å²) in [6.07, 6.45) is -2.88. The number of halogens is 3. The number of aromatic amines is 1. The second kappa shape index (κ2) is 8.78. The zero-order valence-corrected chi connectivity index (χ0v) is 17.4. The molecule has 0 saturated heterocycles. The number of nitrogens with zero attached hydrogens (tertiary/aromatic N) is 1. The largest absolute Gasteiger partial charge is 0.484 e. The van der Waals surface area contributed by atoms with Gasteiger partial charge in [0.1, 0.15) is 5.75 Å². The molecule has 0 atom stereocenters. The number of nitrogens with one attached hydrogen (secondary N) is 2. The summed E-state index contributed by atoms with van der Waals surface area (Å²) in [7, 11) is 0. The van der Waals surface area contributed by atoms with Gasteiger partial charge in [-0.15, -0.1) is 0 Å². The van der Waals surface area contributed by atoms with E-state index in [1.165, 1.54) is 0 Å². The van der Waals surface area contributed by atoms with Gasteiger partial charge in [-0.3, -0.25) is 9.59 Å². The van der Waals surface area contributed by atoms with E-state index < -0.39 is 17.6 Å². The van der Waals surface area contributed by atoms with E-state index in [2.05, 4.69) is 15.3 Å². The first kappa shape index (κ1) is 22.1. The molecule has 168 valence electrons. The zero-order chi connectivity index (χ0) is 23.6. The lowest BCUT2D eigenvalue weighted by atomic mass is 10.1. The number of benzene rings is 2. The molecule has 0 unspecified atom stereocenters. The fourth-order valence-corrected chi connectivity index (χ4v) is 3.32. The van der Waals surface area contributed by atoms with Gasteiger partial charge in [-0.1, -0.05) is 0 Å². The van der Waals surface area contributed by atoms with E-state index in [1.807, 2.05) is 6.92 Å². The minimum atomic E-state index is -4.43. The quantitative estimate of drug-likeness (QED) is 0.449. The first-order chi connectivity index (χ1) is 15.7. The van der Waals surface area contributed by atoms with Crippen LogP contribution in [-0.2, 0) is 11.0 Å². The van der Waals surface area contributed by atoms with Crippen LogP contribution in [0.5, 0.6) is 5.75 Å². The van der Waals surface area contributed by atoms with Crippen molar-refractivity contribution in [3.63, 3.8) is 0 Å². The van der Waals surface area contributed by atoms with Crippen LogP contribution in [0.1, 0.15) is 11.1 Å². The number of hydrogen-bond donors (Lipinski definition) is 2. The van der Waals surface area contributed by atoms with Gasteiger partial charge in [-0.05, 0) is 73.2 Å². The summed E-state index contributed by atoms with van der Waals surface area (Å²) < 4.78 is 43.1. The lowest BCUT2D eigenvalue weighted by Crippen LogP contribution is -2.20. The number of aryl methyl sites for hydroxylation is 1. The maximum Gasteiger partial charge on any atom is 0.416 e. The highest BCUT2D eigenvalue weighted by molar-refractivity contribution is 5.95. The van der Waals surface area contributed by atoms with E-state index in [0.29, 0.717) is 22.5 Å². The molecule has 0 saturated carbocycles. The average Bonchev–Trinajstić information content (AvgIpc) is 2.78. The van der Waals surface area contributed by atoms with Crippen LogP contribution >= 0.6 is 0 Å². The number of aromatic nitrogens is 2. The lowest BCUT2D eigenvalue weighted by Gasteiger charge is -2.11. The number of pyridine rings is 2. The fraction of sp³-hybridized carbons (Fsp3) is 0.125. The predicted molar refractivity (Wildman–Crippen MR) is 118 cm³/mol. The number of ether oxygens (including phenoxy) is 1. The maximum atomic E-state index is 12.6. The predicted octanol–water partition coefficient (Wildman–Crippen LogP) is 4.93. The molecule has 0 bridgehead atoms. The number of fused-ring (bicyclic) bond motifs is 1. The second-order valence-electron chi connectivity index (χ2n) is 7.33. The Kier molecular flexibility index (Phi) is 5.87. The summed E-state index contributed by atoms with van der Waals surface area (Å²) in [5.41, 5.74) is 2.02. The van der Waals surface area contributed by atoms with Crippen LogP contribution in [-0.4, -0.2) is 22.5 Å². The van der Waals surface area contributed by atoms with Crippen LogP contribution in [0.3, 0.4) is 0 Å². The van der Waals surface area contributed by atoms with Crippen LogP contribution < -0.4 is 15.6 Å². The molecule has 2 heterocycles. The first-order valence-electron chi connectivity index (χ1n) is 9.90. The van der Waals surface area contributed by atoms with Gasteiger partial charge in [0.05, 0.1) is 22.3 Å². The standard InChI is InChI=1S/C24H18F3N3O3/c1-14-11-21(18-3-2-10-28-23(18)32)30-20-9-6-16(12-19(14)20)29-22(31)13-33-17-7-4-15(5-8-17)24(25,26)27/h2-12H,13H2,1H3,(H,28,32)(H,29,31). The molecule has 2 aromatic carbocycles. The van der Waals surface area contributed by atoms with Crippen LogP contribution in [0, 0.1) is 6.92 Å². The first-order valence-corrected chi connectivity index (χ1v) is 9.90. The third kappa shape index (κ3) is 5.03. The van der Waals surface area contributed by atoms with Crippen molar-refractivity contribution >= 4 is 22.5 Å². The molecule has 0 spiro atoms. The topological polar surface area (TPSA) is 84.1 Å². The van der Waals surface area contributed by atoms with Crippen LogP contribution in [0.2, 0.25) is 0 Å². The highest BCUT2D eigenvalue weighted by atomic mass is 19.4. The zero-order valence-electron chi connectivity index (χ0n) is 17.4. The van der Waals surface area contributed by atoms with Crippen molar-refractivity contribution in [2.24, 2.45) is 0 Å². The Bertz CT molecular complexity index is 1380. The lowest BCUT2D eigenvalue weighted by molar-refractivity contribution is -0.137. The van der Waals surface area contributed by atoms with Gasteiger partial charge >= 0.3 is 6.18 Å². The molecule has 4 aromatic rings. The fourth-order valence-electron chi connectivity index (χ4n) is 3.32. The number of rotatable bonds is 5. The van der Waals surface area contributed by atoms with E-state index in [0.717, 1.165) is 35.2 Å². The number of carbonyl (C=O) groups excluding carboxylic acids is 1. The molecule has 6 nitrogen and oxygen atoms in total. The second-order valence-corrected chi connectivity index (χ2v) is 7.33. The van der Waals surface area contributed by atoms with Gasteiger partial charge in [0.15, 0.2) is 6.61 Å². The van der Waals surface area contributed by atoms with Crippen molar-refractivity contribution in [1.82, 2.24) is 9.97 Å². The van der Waals surface area contributed by atoms with Crippen molar-refractivity contribution in [2.75, 3.05) is 11.9 Å². The number of carbonyl (C=O) groups is 1. The highest BCUT2D eigenvalue weighted by Crippen LogP contribution is 2.30. The Hall–Kier alpha value is -4.14. The van der Waals surface area contributed by atoms with Crippen LogP contribution in [0.4, 0.5) is 18.9 Å². The molecule has 1 amide bonds. The molecule has 0 aliphatic heterocycles. The Balaban J connectivity index is 1.46. The van der Waals surface area contributed by atoms with Crippen molar-refractivity contribution in [1.29, 1.82) is 0 Å².